The SMILES string of the molecule is CCNC(=NCc1ccc(C)cc1OC(C)CC)NCC(C)(C)NS(C)(=O)=O. The minimum Gasteiger partial charge on any atom is -0.490 e. The molecule has 1 unspecified atom stereocenters. The van der Waals surface area contributed by atoms with Gasteiger partial charge in [0.2, 0.25) is 10.0 Å². The molecule has 1 aromatic carbocycles. The van der Waals surface area contributed by atoms with Crippen LogP contribution in [0.25, 0.3) is 0 Å². The van der Waals surface area contributed by atoms with Gasteiger partial charge in [-0.1, -0.05) is 19.1 Å². The highest BCUT2D eigenvalue weighted by Crippen LogP contribution is 2.23. The molecule has 0 amide bonds. The Kier molecular flexibility index (Phi) is 9.23. The van der Waals surface area contributed by atoms with Gasteiger partial charge in [-0.15, -0.1) is 0 Å². The highest BCUT2D eigenvalue weighted by molar-refractivity contribution is 7.88. The van der Waals surface area contributed by atoms with E-state index < -0.39 is 15.6 Å². The molecule has 0 radical (unpaired) electrons. The summed E-state index contributed by atoms with van der Waals surface area (Å²) in [5.41, 5.74) is 1.51. The van der Waals surface area contributed by atoms with Crippen molar-refractivity contribution in [3.05, 3.63) is 29.3 Å². The van der Waals surface area contributed by atoms with Gasteiger partial charge in [0.1, 0.15) is 5.75 Å². The van der Waals surface area contributed by atoms with E-state index in [-0.39, 0.29) is 6.10 Å². The average molecular weight is 413 g/mol. The second-order valence-electron chi connectivity index (χ2n) is 7.75. The Morgan fingerprint density at radius 1 is 1.25 bits per heavy atom. The molecule has 1 rings (SSSR count). The van der Waals surface area contributed by atoms with Crippen molar-refractivity contribution in [1.29, 1.82) is 0 Å². The van der Waals surface area contributed by atoms with Crippen LogP contribution in [0.1, 0.15) is 52.2 Å². The van der Waals surface area contributed by atoms with Crippen LogP contribution in [0.15, 0.2) is 23.2 Å². The lowest BCUT2D eigenvalue weighted by atomic mass is 10.1. The van der Waals surface area contributed by atoms with Gasteiger partial charge >= 0.3 is 0 Å². The fraction of sp³-hybridized carbons (Fsp3) is 0.650. The van der Waals surface area contributed by atoms with Gasteiger partial charge in [0.25, 0.3) is 0 Å². The quantitative estimate of drug-likeness (QED) is 0.406. The fourth-order valence-electron chi connectivity index (χ4n) is 2.55. The minimum absolute atomic E-state index is 0.138. The van der Waals surface area contributed by atoms with Crippen LogP contribution in [-0.2, 0) is 16.6 Å². The monoisotopic (exact) mass is 412 g/mol. The van der Waals surface area contributed by atoms with Crippen molar-refractivity contribution in [3.8, 4) is 5.75 Å². The molecule has 0 fully saturated rings. The summed E-state index contributed by atoms with van der Waals surface area (Å²) < 4.78 is 31.7. The highest BCUT2D eigenvalue weighted by Gasteiger charge is 2.22. The van der Waals surface area contributed by atoms with Crippen LogP contribution in [0.5, 0.6) is 5.75 Å². The number of aryl methyl sites for hydroxylation is 1. The summed E-state index contributed by atoms with van der Waals surface area (Å²) in [5.74, 6) is 1.48. The Morgan fingerprint density at radius 2 is 1.93 bits per heavy atom. The molecule has 28 heavy (non-hydrogen) atoms. The number of nitrogens with zero attached hydrogens (tertiary/aromatic N) is 1. The molecular weight excluding hydrogens is 376 g/mol. The third-order valence-corrected chi connectivity index (χ3v) is 4.96. The lowest BCUT2D eigenvalue weighted by Gasteiger charge is -2.26. The first-order chi connectivity index (χ1) is 13.0. The third kappa shape index (κ3) is 9.41. The van der Waals surface area contributed by atoms with E-state index in [4.69, 9.17) is 4.74 Å². The third-order valence-electron chi connectivity index (χ3n) is 4.04. The van der Waals surface area contributed by atoms with Gasteiger partial charge in [0.15, 0.2) is 5.96 Å². The standard InChI is InChI=1S/C20H36N4O3S/c1-8-16(4)27-18-12-15(3)10-11-17(18)13-22-19(21-9-2)23-14-20(5,6)24-28(7,25)26/h10-12,16,24H,8-9,13-14H2,1-7H3,(H2,21,22,23). The molecule has 0 saturated heterocycles. The first-order valence-electron chi connectivity index (χ1n) is 9.73. The molecule has 0 aliphatic rings. The number of rotatable bonds is 10. The second-order valence-corrected chi connectivity index (χ2v) is 9.50. The molecule has 0 spiro atoms. The normalized spacial score (nSPS) is 13.9. The Labute approximate surface area is 170 Å². The number of hydrogen-bond donors (Lipinski definition) is 3. The maximum absolute atomic E-state index is 11.5. The number of benzene rings is 1. The van der Waals surface area contributed by atoms with Crippen LogP contribution in [0.4, 0.5) is 0 Å². The molecule has 0 aliphatic heterocycles. The number of sulfonamides is 1. The van der Waals surface area contributed by atoms with E-state index in [1.54, 1.807) is 0 Å². The summed E-state index contributed by atoms with van der Waals surface area (Å²) in [6, 6.07) is 6.12. The molecule has 160 valence electrons. The first kappa shape index (κ1) is 24.2. The molecular formula is C20H36N4O3S. The molecule has 0 heterocycles. The van der Waals surface area contributed by atoms with E-state index in [9.17, 15) is 8.42 Å². The first-order valence-corrected chi connectivity index (χ1v) is 11.6. The number of guanidine groups is 1. The molecule has 1 atom stereocenters. The highest BCUT2D eigenvalue weighted by atomic mass is 32.2. The van der Waals surface area contributed by atoms with Crippen molar-refractivity contribution in [2.75, 3.05) is 19.3 Å². The predicted octanol–water partition coefficient (Wildman–Crippen LogP) is 2.56. The summed E-state index contributed by atoms with van der Waals surface area (Å²) in [7, 11) is -3.29. The lowest BCUT2D eigenvalue weighted by molar-refractivity contribution is 0.215. The molecule has 1 aromatic rings. The van der Waals surface area contributed by atoms with Crippen LogP contribution in [-0.4, -0.2) is 45.4 Å². The minimum atomic E-state index is -3.29. The van der Waals surface area contributed by atoms with E-state index in [2.05, 4.69) is 34.2 Å². The summed E-state index contributed by atoms with van der Waals surface area (Å²) in [6.07, 6.45) is 2.23. The summed E-state index contributed by atoms with van der Waals surface area (Å²) in [5, 5.41) is 6.40. The van der Waals surface area contributed by atoms with Crippen molar-refractivity contribution in [2.24, 2.45) is 4.99 Å². The van der Waals surface area contributed by atoms with E-state index >= 15 is 0 Å². The van der Waals surface area contributed by atoms with Gasteiger partial charge < -0.3 is 15.4 Å². The predicted molar refractivity (Wildman–Crippen MR) is 116 cm³/mol. The van der Waals surface area contributed by atoms with Crippen molar-refractivity contribution in [3.63, 3.8) is 0 Å². The van der Waals surface area contributed by atoms with Gasteiger partial charge in [0.05, 0.1) is 18.9 Å². The van der Waals surface area contributed by atoms with Crippen molar-refractivity contribution in [2.45, 2.75) is 66.2 Å². The molecule has 7 nitrogen and oxygen atoms in total. The van der Waals surface area contributed by atoms with Crippen LogP contribution < -0.4 is 20.1 Å². The van der Waals surface area contributed by atoms with E-state index in [1.807, 2.05) is 45.9 Å². The Bertz CT molecular complexity index is 761. The zero-order valence-corrected chi connectivity index (χ0v) is 19.0. The van der Waals surface area contributed by atoms with Gasteiger partial charge in [-0.05, 0) is 52.7 Å². The maximum atomic E-state index is 11.5. The number of nitrogens with one attached hydrogen (secondary N) is 3. The summed E-state index contributed by atoms with van der Waals surface area (Å²) in [4.78, 5) is 4.64. The Morgan fingerprint density at radius 3 is 2.50 bits per heavy atom. The van der Waals surface area contributed by atoms with Crippen LogP contribution in [0, 0.1) is 6.92 Å². The molecule has 0 aliphatic carbocycles. The van der Waals surface area contributed by atoms with Gasteiger partial charge in [-0.25, -0.2) is 18.1 Å². The van der Waals surface area contributed by atoms with Gasteiger partial charge in [0, 0.05) is 24.2 Å². The Balaban J connectivity index is 2.90. The lowest BCUT2D eigenvalue weighted by Crippen LogP contribution is -2.53. The van der Waals surface area contributed by atoms with Crippen molar-refractivity contribution < 1.29 is 13.2 Å². The smallest absolute Gasteiger partial charge is 0.209 e. The van der Waals surface area contributed by atoms with E-state index in [0.29, 0.717) is 25.6 Å². The topological polar surface area (TPSA) is 91.8 Å². The van der Waals surface area contributed by atoms with Crippen LogP contribution in [0.2, 0.25) is 0 Å². The Hall–Kier alpha value is -1.80. The number of hydrogen-bond acceptors (Lipinski definition) is 4. The summed E-state index contributed by atoms with van der Waals surface area (Å²) in [6.45, 7) is 13.4. The molecule has 0 bridgehead atoms. The average Bonchev–Trinajstić information content (AvgIpc) is 2.56. The van der Waals surface area contributed by atoms with Crippen molar-refractivity contribution >= 4 is 16.0 Å². The summed E-state index contributed by atoms with van der Waals surface area (Å²) >= 11 is 0. The van der Waals surface area contributed by atoms with E-state index in [0.717, 1.165) is 29.6 Å². The van der Waals surface area contributed by atoms with Crippen LogP contribution in [0.3, 0.4) is 0 Å². The van der Waals surface area contributed by atoms with Crippen LogP contribution >= 0.6 is 0 Å². The zero-order chi connectivity index (χ0) is 21.4. The zero-order valence-electron chi connectivity index (χ0n) is 18.2. The molecule has 0 aromatic heterocycles. The van der Waals surface area contributed by atoms with E-state index in [1.165, 1.54) is 0 Å². The molecule has 8 heteroatoms. The van der Waals surface area contributed by atoms with Crippen molar-refractivity contribution in [1.82, 2.24) is 15.4 Å². The second kappa shape index (κ2) is 10.7. The van der Waals surface area contributed by atoms with Gasteiger partial charge in [-0.3, -0.25) is 0 Å². The maximum Gasteiger partial charge on any atom is 0.209 e. The number of ether oxygens (including phenoxy) is 1. The number of aliphatic imine (C=N–C) groups is 1. The molecule has 3 N–H and O–H groups in total. The van der Waals surface area contributed by atoms with Gasteiger partial charge in [-0.2, -0.15) is 0 Å². The largest absolute Gasteiger partial charge is 0.490 e. The fourth-order valence-corrected chi connectivity index (χ4v) is 3.63. The molecule has 0 saturated carbocycles.